The number of carbonyl (C=O) groups is 1. The van der Waals surface area contributed by atoms with Crippen LogP contribution in [0.2, 0.25) is 10.0 Å². The van der Waals surface area contributed by atoms with Gasteiger partial charge in [0.1, 0.15) is 5.60 Å². The molecule has 2 N–H and O–H groups in total. The Morgan fingerprint density at radius 1 is 1.38 bits per heavy atom. The number of carbonyl (C=O) groups excluding carboxylic acids is 1. The van der Waals surface area contributed by atoms with Crippen molar-refractivity contribution < 1.29 is 13.9 Å². The molecule has 0 radical (unpaired) electrons. The summed E-state index contributed by atoms with van der Waals surface area (Å²) in [6.07, 6.45) is 1.48. The van der Waals surface area contributed by atoms with Crippen LogP contribution in [0.4, 0.5) is 10.1 Å². The molecule has 21 heavy (non-hydrogen) atoms. The van der Waals surface area contributed by atoms with Crippen molar-refractivity contribution in [2.45, 2.75) is 45.6 Å². The summed E-state index contributed by atoms with van der Waals surface area (Å²) in [6.45, 7) is 5.40. The van der Waals surface area contributed by atoms with Crippen LogP contribution in [0.3, 0.4) is 0 Å². The first kappa shape index (κ1) is 16.4. The zero-order chi connectivity index (χ0) is 16.0. The Hall–Kier alpha value is -1.00. The fraction of sp³-hybridized carbons (Fsp3) is 0.533. The van der Waals surface area contributed by atoms with Gasteiger partial charge in [-0.15, -0.1) is 0 Å². The van der Waals surface area contributed by atoms with E-state index in [1.807, 2.05) is 0 Å². The van der Waals surface area contributed by atoms with Crippen molar-refractivity contribution in [3.63, 3.8) is 0 Å². The molecule has 0 amide bonds. The number of benzene rings is 1. The molecule has 1 aromatic rings. The van der Waals surface area contributed by atoms with Gasteiger partial charge in [-0.05, 0) is 46.1 Å². The van der Waals surface area contributed by atoms with E-state index in [2.05, 4.69) is 0 Å². The second-order valence-electron chi connectivity index (χ2n) is 6.51. The Bertz CT molecular complexity index is 592. The van der Waals surface area contributed by atoms with Crippen molar-refractivity contribution in [1.29, 1.82) is 0 Å². The molecule has 0 atom stereocenters. The molecule has 1 aliphatic rings. The van der Waals surface area contributed by atoms with E-state index in [-0.39, 0.29) is 33.7 Å². The number of esters is 1. The van der Waals surface area contributed by atoms with Crippen LogP contribution in [0, 0.1) is 11.2 Å². The Labute approximate surface area is 133 Å². The zero-order valence-electron chi connectivity index (χ0n) is 12.2. The van der Waals surface area contributed by atoms with Gasteiger partial charge in [0.25, 0.3) is 0 Å². The Balaban J connectivity index is 2.27. The highest BCUT2D eigenvalue weighted by Gasteiger charge is 2.52. The molecule has 1 saturated carbocycles. The van der Waals surface area contributed by atoms with Crippen LogP contribution in [0.1, 0.15) is 39.2 Å². The monoisotopic (exact) mass is 333 g/mol. The molecule has 6 heteroatoms. The fourth-order valence-corrected chi connectivity index (χ4v) is 2.65. The first-order valence-corrected chi connectivity index (χ1v) is 7.47. The lowest BCUT2D eigenvalue weighted by molar-refractivity contribution is -0.161. The predicted molar refractivity (Wildman–Crippen MR) is 82.0 cm³/mol. The van der Waals surface area contributed by atoms with Crippen LogP contribution in [0.5, 0.6) is 0 Å². The molecule has 0 aliphatic heterocycles. The van der Waals surface area contributed by atoms with Gasteiger partial charge in [-0.1, -0.05) is 23.2 Å². The summed E-state index contributed by atoms with van der Waals surface area (Å²) in [5.41, 5.74) is 4.40. The van der Waals surface area contributed by atoms with Gasteiger partial charge in [0, 0.05) is 10.6 Å². The highest BCUT2D eigenvalue weighted by Crippen LogP contribution is 2.51. The third-order valence-electron chi connectivity index (χ3n) is 3.50. The van der Waals surface area contributed by atoms with E-state index >= 15 is 0 Å². The second kappa shape index (κ2) is 5.33. The summed E-state index contributed by atoms with van der Waals surface area (Å²) >= 11 is 11.8. The maximum atomic E-state index is 14.2. The third-order valence-corrected chi connectivity index (χ3v) is 4.15. The largest absolute Gasteiger partial charge is 0.460 e. The van der Waals surface area contributed by atoms with Crippen LogP contribution in [0.15, 0.2) is 6.07 Å². The molecular formula is C15H18Cl2FNO2. The van der Waals surface area contributed by atoms with E-state index in [4.69, 9.17) is 33.7 Å². The molecule has 0 aromatic heterocycles. The number of ether oxygens (including phenoxy) is 1. The van der Waals surface area contributed by atoms with E-state index in [9.17, 15) is 9.18 Å². The van der Waals surface area contributed by atoms with Crippen LogP contribution >= 0.6 is 23.2 Å². The van der Waals surface area contributed by atoms with Gasteiger partial charge in [-0.2, -0.15) is 0 Å². The zero-order valence-corrected chi connectivity index (χ0v) is 13.7. The highest BCUT2D eigenvalue weighted by atomic mass is 35.5. The van der Waals surface area contributed by atoms with Crippen molar-refractivity contribution in [2.75, 3.05) is 5.73 Å². The van der Waals surface area contributed by atoms with E-state index in [0.717, 1.165) is 0 Å². The number of hydrogen-bond acceptors (Lipinski definition) is 3. The van der Waals surface area contributed by atoms with Gasteiger partial charge >= 0.3 is 5.97 Å². The van der Waals surface area contributed by atoms with Gasteiger partial charge in [0.05, 0.1) is 16.1 Å². The van der Waals surface area contributed by atoms with Crippen molar-refractivity contribution in [3.05, 3.63) is 27.5 Å². The van der Waals surface area contributed by atoms with Crippen molar-refractivity contribution in [2.24, 2.45) is 5.41 Å². The number of rotatable bonds is 3. The number of anilines is 1. The Morgan fingerprint density at radius 3 is 2.43 bits per heavy atom. The molecule has 0 saturated heterocycles. The summed E-state index contributed by atoms with van der Waals surface area (Å²) in [6, 6.07) is 1.40. The maximum Gasteiger partial charge on any atom is 0.312 e. The smallest absolute Gasteiger partial charge is 0.312 e. The topological polar surface area (TPSA) is 52.3 Å². The van der Waals surface area contributed by atoms with E-state index < -0.39 is 16.8 Å². The minimum absolute atomic E-state index is 0.0726. The molecule has 0 spiro atoms. The lowest BCUT2D eigenvalue weighted by Crippen LogP contribution is -2.31. The van der Waals surface area contributed by atoms with E-state index in [1.165, 1.54) is 6.07 Å². The summed E-state index contributed by atoms with van der Waals surface area (Å²) in [4.78, 5) is 12.3. The Morgan fingerprint density at radius 2 is 1.95 bits per heavy atom. The van der Waals surface area contributed by atoms with Gasteiger partial charge in [0.2, 0.25) is 0 Å². The quantitative estimate of drug-likeness (QED) is 0.659. The second-order valence-corrected chi connectivity index (χ2v) is 7.32. The van der Waals surface area contributed by atoms with Gasteiger partial charge < -0.3 is 10.5 Å². The summed E-state index contributed by atoms with van der Waals surface area (Å²) in [5.74, 6) is -0.971. The van der Waals surface area contributed by atoms with Gasteiger partial charge in [-0.3, -0.25) is 4.79 Å². The minimum atomic E-state index is -0.696. The molecule has 2 rings (SSSR count). The molecule has 0 unspecified atom stereocenters. The van der Waals surface area contributed by atoms with Gasteiger partial charge in [-0.25, -0.2) is 4.39 Å². The molecule has 1 aromatic carbocycles. The van der Waals surface area contributed by atoms with Crippen molar-refractivity contribution >= 4 is 34.9 Å². The molecule has 3 nitrogen and oxygen atoms in total. The average molecular weight is 334 g/mol. The van der Waals surface area contributed by atoms with Crippen LogP contribution in [-0.2, 0) is 16.0 Å². The average Bonchev–Trinajstić information content (AvgIpc) is 3.11. The first-order valence-electron chi connectivity index (χ1n) is 6.71. The van der Waals surface area contributed by atoms with Crippen molar-refractivity contribution in [1.82, 2.24) is 0 Å². The number of nitrogens with two attached hydrogens (primary N) is 1. The van der Waals surface area contributed by atoms with Crippen LogP contribution < -0.4 is 5.73 Å². The predicted octanol–water partition coefficient (Wildman–Crippen LogP) is 4.38. The molecular weight excluding hydrogens is 316 g/mol. The van der Waals surface area contributed by atoms with Gasteiger partial charge in [0.15, 0.2) is 5.82 Å². The maximum absolute atomic E-state index is 14.2. The van der Waals surface area contributed by atoms with Crippen LogP contribution in [-0.4, -0.2) is 11.6 Å². The number of hydrogen-bond donors (Lipinski definition) is 1. The summed E-state index contributed by atoms with van der Waals surface area (Å²) < 4.78 is 19.6. The molecule has 1 aliphatic carbocycles. The first-order chi connectivity index (χ1) is 9.56. The van der Waals surface area contributed by atoms with E-state index in [1.54, 1.807) is 20.8 Å². The molecule has 0 bridgehead atoms. The minimum Gasteiger partial charge on any atom is -0.460 e. The SMILES string of the molecule is CC(C)(C)OC(=O)C1(Cc2c(Cl)cc(Cl)c(N)c2F)CC1. The normalized spacial score (nSPS) is 16.7. The molecule has 116 valence electrons. The van der Waals surface area contributed by atoms with Crippen LogP contribution in [0.25, 0.3) is 0 Å². The lowest BCUT2D eigenvalue weighted by atomic mass is 9.95. The molecule has 0 heterocycles. The highest BCUT2D eigenvalue weighted by molar-refractivity contribution is 6.36. The lowest BCUT2D eigenvalue weighted by Gasteiger charge is -2.24. The molecule has 1 fully saturated rings. The van der Waals surface area contributed by atoms with Crippen molar-refractivity contribution in [3.8, 4) is 0 Å². The number of nitrogen functional groups attached to an aromatic ring is 1. The standard InChI is InChI=1S/C15H18Cl2FNO2/c1-14(2,3)21-13(20)15(4-5-15)7-8-9(16)6-10(17)12(19)11(8)18/h6H,4-5,7,19H2,1-3H3. The fourth-order valence-electron chi connectivity index (χ4n) is 2.14. The summed E-state index contributed by atoms with van der Waals surface area (Å²) in [7, 11) is 0. The Kier molecular flexibility index (Phi) is 4.15. The number of halogens is 3. The summed E-state index contributed by atoms with van der Waals surface area (Å²) in [5, 5.41) is 0.255. The van der Waals surface area contributed by atoms with E-state index in [0.29, 0.717) is 12.8 Å². The third kappa shape index (κ3) is 3.43.